The number of rotatable bonds is 4. The molecule has 112 valence electrons. The largest absolute Gasteiger partial charge is 0.497 e. The summed E-state index contributed by atoms with van der Waals surface area (Å²) in [5, 5.41) is 12.0. The molecule has 0 bridgehead atoms. The van der Waals surface area contributed by atoms with Crippen molar-refractivity contribution in [2.24, 2.45) is 0 Å². The van der Waals surface area contributed by atoms with Crippen LogP contribution < -0.4 is 14.8 Å². The molecule has 0 unspecified atom stereocenters. The number of aliphatic carboxylic acids is 1. The van der Waals surface area contributed by atoms with E-state index in [1.807, 2.05) is 0 Å². The molecule has 1 aromatic rings. The van der Waals surface area contributed by atoms with Gasteiger partial charge in [0.05, 0.1) is 19.8 Å². The minimum atomic E-state index is -1.05. The van der Waals surface area contributed by atoms with E-state index in [1.165, 1.54) is 14.2 Å². The highest BCUT2D eigenvalue weighted by Gasteiger charge is 2.33. The van der Waals surface area contributed by atoms with E-state index >= 15 is 0 Å². The standard InChI is InChI=1S/C15H17NO5/c1-8-14(15(18)19)11(7-13(17)16-8)10-5-4-9(20-2)6-12(10)21-3/h4-6,11H,7H2,1-3H3,(H,16,17)(H,18,19)/t11-/m0/s1. The molecule has 1 amide bonds. The molecule has 0 fully saturated rings. The highest BCUT2D eigenvalue weighted by atomic mass is 16.5. The highest BCUT2D eigenvalue weighted by Crippen LogP contribution is 2.39. The van der Waals surface area contributed by atoms with Gasteiger partial charge in [-0.1, -0.05) is 6.07 Å². The molecule has 1 aliphatic rings. The van der Waals surface area contributed by atoms with Gasteiger partial charge in [-0.3, -0.25) is 4.79 Å². The fraction of sp³-hybridized carbons (Fsp3) is 0.333. The Morgan fingerprint density at radius 1 is 1.33 bits per heavy atom. The average Bonchev–Trinajstić information content (AvgIpc) is 2.45. The van der Waals surface area contributed by atoms with Gasteiger partial charge in [0.15, 0.2) is 0 Å². The van der Waals surface area contributed by atoms with Gasteiger partial charge in [0.25, 0.3) is 0 Å². The van der Waals surface area contributed by atoms with Crippen molar-refractivity contribution in [3.8, 4) is 11.5 Å². The molecule has 6 heteroatoms. The van der Waals surface area contributed by atoms with Gasteiger partial charge in [-0.15, -0.1) is 0 Å². The first kappa shape index (κ1) is 14.9. The highest BCUT2D eigenvalue weighted by molar-refractivity contribution is 5.94. The average molecular weight is 291 g/mol. The van der Waals surface area contributed by atoms with E-state index in [2.05, 4.69) is 5.32 Å². The fourth-order valence-corrected chi connectivity index (χ4v) is 2.56. The first-order chi connectivity index (χ1) is 9.97. The zero-order chi connectivity index (χ0) is 15.6. The number of benzene rings is 1. The number of carbonyl (C=O) groups is 2. The Hall–Kier alpha value is -2.50. The van der Waals surface area contributed by atoms with Crippen molar-refractivity contribution in [1.82, 2.24) is 5.32 Å². The lowest BCUT2D eigenvalue weighted by atomic mass is 9.84. The van der Waals surface area contributed by atoms with Crippen molar-refractivity contribution in [1.29, 1.82) is 0 Å². The molecule has 1 aliphatic heterocycles. The van der Waals surface area contributed by atoms with E-state index in [4.69, 9.17) is 9.47 Å². The van der Waals surface area contributed by atoms with E-state index in [9.17, 15) is 14.7 Å². The second-order valence-corrected chi connectivity index (χ2v) is 4.76. The minimum Gasteiger partial charge on any atom is -0.497 e. The molecule has 1 aromatic carbocycles. The molecule has 21 heavy (non-hydrogen) atoms. The molecule has 0 saturated heterocycles. The number of ether oxygens (including phenoxy) is 2. The van der Waals surface area contributed by atoms with Crippen molar-refractivity contribution < 1.29 is 24.2 Å². The third kappa shape index (κ3) is 2.84. The molecular formula is C15H17NO5. The van der Waals surface area contributed by atoms with Crippen LogP contribution in [-0.2, 0) is 9.59 Å². The van der Waals surface area contributed by atoms with Gasteiger partial charge in [-0.2, -0.15) is 0 Å². The maximum absolute atomic E-state index is 11.7. The number of methoxy groups -OCH3 is 2. The predicted octanol–water partition coefficient (Wildman–Crippen LogP) is 1.67. The van der Waals surface area contributed by atoms with Crippen LogP contribution in [0.2, 0.25) is 0 Å². The number of amides is 1. The Balaban J connectivity index is 2.55. The van der Waals surface area contributed by atoms with Gasteiger partial charge >= 0.3 is 5.97 Å². The normalized spacial score (nSPS) is 18.2. The Bertz CT molecular complexity index is 620. The third-order valence-electron chi connectivity index (χ3n) is 3.52. The number of carboxylic acid groups (broad SMARTS) is 1. The molecule has 0 spiro atoms. The Labute approximate surface area is 122 Å². The Morgan fingerprint density at radius 2 is 2.05 bits per heavy atom. The molecule has 0 aliphatic carbocycles. The smallest absolute Gasteiger partial charge is 0.333 e. The van der Waals surface area contributed by atoms with Crippen LogP contribution in [0.5, 0.6) is 11.5 Å². The fourth-order valence-electron chi connectivity index (χ4n) is 2.56. The summed E-state index contributed by atoms with van der Waals surface area (Å²) in [7, 11) is 3.04. The van der Waals surface area contributed by atoms with E-state index in [1.54, 1.807) is 25.1 Å². The summed E-state index contributed by atoms with van der Waals surface area (Å²) in [6, 6.07) is 5.13. The summed E-state index contributed by atoms with van der Waals surface area (Å²) < 4.78 is 10.4. The number of allylic oxidation sites excluding steroid dienone is 1. The van der Waals surface area contributed by atoms with Crippen LogP contribution in [0.4, 0.5) is 0 Å². The number of hydrogen-bond donors (Lipinski definition) is 2. The summed E-state index contributed by atoms with van der Waals surface area (Å²) in [5.74, 6) is -0.693. The van der Waals surface area contributed by atoms with Crippen LogP contribution in [-0.4, -0.2) is 31.2 Å². The van der Waals surface area contributed by atoms with Crippen LogP contribution >= 0.6 is 0 Å². The van der Waals surface area contributed by atoms with Crippen LogP contribution in [0.25, 0.3) is 0 Å². The molecule has 0 saturated carbocycles. The summed E-state index contributed by atoms with van der Waals surface area (Å²) in [6.45, 7) is 1.59. The second kappa shape index (κ2) is 5.87. The van der Waals surface area contributed by atoms with Crippen molar-refractivity contribution >= 4 is 11.9 Å². The number of carbonyl (C=O) groups excluding carboxylic acids is 1. The van der Waals surface area contributed by atoms with E-state index < -0.39 is 11.9 Å². The maximum atomic E-state index is 11.7. The Morgan fingerprint density at radius 3 is 2.62 bits per heavy atom. The summed E-state index contributed by atoms with van der Waals surface area (Å²) >= 11 is 0. The first-order valence-electron chi connectivity index (χ1n) is 6.43. The van der Waals surface area contributed by atoms with Crippen molar-refractivity contribution in [2.45, 2.75) is 19.3 Å². The quantitative estimate of drug-likeness (QED) is 0.881. The van der Waals surface area contributed by atoms with Gasteiger partial charge < -0.3 is 19.9 Å². The van der Waals surface area contributed by atoms with Gasteiger partial charge in [0, 0.05) is 29.7 Å². The monoisotopic (exact) mass is 291 g/mol. The molecule has 1 atom stereocenters. The zero-order valence-corrected chi connectivity index (χ0v) is 12.1. The lowest BCUT2D eigenvalue weighted by Crippen LogP contribution is -2.33. The van der Waals surface area contributed by atoms with Crippen molar-refractivity contribution in [3.63, 3.8) is 0 Å². The lowest BCUT2D eigenvalue weighted by Gasteiger charge is -2.26. The summed E-state index contributed by atoms with van der Waals surface area (Å²) in [5.41, 5.74) is 1.20. The van der Waals surface area contributed by atoms with Crippen molar-refractivity contribution in [3.05, 3.63) is 35.0 Å². The Kier molecular flexibility index (Phi) is 4.16. The molecular weight excluding hydrogens is 274 g/mol. The van der Waals surface area contributed by atoms with Crippen LogP contribution in [0.15, 0.2) is 29.5 Å². The molecule has 0 radical (unpaired) electrons. The number of carboxylic acids is 1. The van der Waals surface area contributed by atoms with E-state index in [0.29, 0.717) is 22.8 Å². The third-order valence-corrected chi connectivity index (χ3v) is 3.52. The van der Waals surface area contributed by atoms with E-state index in [-0.39, 0.29) is 17.9 Å². The van der Waals surface area contributed by atoms with Gasteiger partial charge in [-0.05, 0) is 13.0 Å². The summed E-state index contributed by atoms with van der Waals surface area (Å²) in [4.78, 5) is 23.2. The number of nitrogens with one attached hydrogen (secondary N) is 1. The number of hydrogen-bond acceptors (Lipinski definition) is 4. The minimum absolute atomic E-state index is 0.0711. The SMILES string of the molecule is COc1ccc([C@@H]2CC(=O)NC(C)=C2C(=O)O)c(OC)c1. The maximum Gasteiger partial charge on any atom is 0.333 e. The molecule has 6 nitrogen and oxygen atoms in total. The zero-order valence-electron chi connectivity index (χ0n) is 12.1. The van der Waals surface area contributed by atoms with E-state index in [0.717, 1.165) is 0 Å². The topological polar surface area (TPSA) is 84.9 Å². The molecule has 2 N–H and O–H groups in total. The summed E-state index contributed by atoms with van der Waals surface area (Å²) in [6.07, 6.45) is 0.0711. The molecule has 1 heterocycles. The second-order valence-electron chi connectivity index (χ2n) is 4.76. The van der Waals surface area contributed by atoms with Gasteiger partial charge in [0.2, 0.25) is 5.91 Å². The van der Waals surface area contributed by atoms with Crippen molar-refractivity contribution in [2.75, 3.05) is 14.2 Å². The van der Waals surface area contributed by atoms with Crippen LogP contribution in [0.3, 0.4) is 0 Å². The van der Waals surface area contributed by atoms with Crippen LogP contribution in [0.1, 0.15) is 24.8 Å². The molecule has 2 rings (SSSR count). The predicted molar refractivity (Wildman–Crippen MR) is 75.4 cm³/mol. The molecule has 0 aromatic heterocycles. The van der Waals surface area contributed by atoms with Gasteiger partial charge in [0.1, 0.15) is 11.5 Å². The first-order valence-corrected chi connectivity index (χ1v) is 6.43. The lowest BCUT2D eigenvalue weighted by molar-refractivity contribution is -0.133. The van der Waals surface area contributed by atoms with Gasteiger partial charge in [-0.25, -0.2) is 4.79 Å². The van der Waals surface area contributed by atoms with Crippen LogP contribution in [0, 0.1) is 0 Å².